The number of halogens is 1. The lowest BCUT2D eigenvalue weighted by Gasteiger charge is -2.29. The van der Waals surface area contributed by atoms with E-state index in [4.69, 9.17) is 25.8 Å². The van der Waals surface area contributed by atoms with Crippen molar-refractivity contribution in [3.8, 4) is 11.5 Å². The van der Waals surface area contributed by atoms with E-state index >= 15 is 0 Å². The van der Waals surface area contributed by atoms with Gasteiger partial charge in [0.05, 0.1) is 11.4 Å². The molecular formula is C19H24ClNO5. The molecule has 1 aromatic carbocycles. The highest BCUT2D eigenvalue weighted by atomic mass is 35.5. The van der Waals surface area contributed by atoms with Crippen LogP contribution in [-0.2, 0) is 20.7 Å². The van der Waals surface area contributed by atoms with Crippen molar-refractivity contribution < 1.29 is 23.8 Å². The van der Waals surface area contributed by atoms with Gasteiger partial charge in [-0.2, -0.15) is 0 Å². The van der Waals surface area contributed by atoms with Crippen molar-refractivity contribution in [3.63, 3.8) is 0 Å². The van der Waals surface area contributed by atoms with Crippen LogP contribution in [0.2, 0.25) is 5.02 Å². The van der Waals surface area contributed by atoms with Gasteiger partial charge >= 0.3 is 5.97 Å². The molecule has 2 atom stereocenters. The second-order valence-electron chi connectivity index (χ2n) is 6.88. The van der Waals surface area contributed by atoms with Crippen LogP contribution in [0, 0.1) is 5.92 Å². The van der Waals surface area contributed by atoms with E-state index in [1.807, 2.05) is 0 Å². The number of benzene rings is 1. The molecule has 26 heavy (non-hydrogen) atoms. The first-order chi connectivity index (χ1) is 12.5. The average Bonchev–Trinajstić information content (AvgIpc) is 2.62. The first-order valence-electron chi connectivity index (χ1n) is 9.06. The van der Waals surface area contributed by atoms with Crippen LogP contribution in [0.5, 0.6) is 11.5 Å². The summed E-state index contributed by atoms with van der Waals surface area (Å²) in [6.45, 7) is 2.77. The number of esters is 1. The molecule has 1 aliphatic heterocycles. The van der Waals surface area contributed by atoms with Gasteiger partial charge in [0.25, 0.3) is 5.91 Å². The topological polar surface area (TPSA) is 73.9 Å². The quantitative estimate of drug-likeness (QED) is 0.794. The van der Waals surface area contributed by atoms with Gasteiger partial charge in [-0.05, 0) is 36.5 Å². The van der Waals surface area contributed by atoms with Crippen molar-refractivity contribution in [2.75, 3.05) is 19.8 Å². The minimum absolute atomic E-state index is 0.0173. The van der Waals surface area contributed by atoms with Crippen molar-refractivity contribution in [1.29, 1.82) is 0 Å². The summed E-state index contributed by atoms with van der Waals surface area (Å²) >= 11 is 6.16. The lowest BCUT2D eigenvalue weighted by Crippen LogP contribution is -2.42. The van der Waals surface area contributed by atoms with Gasteiger partial charge in [0, 0.05) is 6.04 Å². The molecule has 7 heteroatoms. The third-order valence-electron chi connectivity index (χ3n) is 4.83. The molecule has 0 radical (unpaired) electrons. The minimum atomic E-state index is -0.482. The van der Waals surface area contributed by atoms with E-state index in [2.05, 4.69) is 12.2 Å². The molecule has 0 bridgehead atoms. The normalized spacial score (nSPS) is 21.8. The highest BCUT2D eigenvalue weighted by Crippen LogP contribution is 2.38. The Morgan fingerprint density at radius 3 is 2.81 bits per heavy atom. The molecule has 1 fully saturated rings. The molecule has 0 spiro atoms. The van der Waals surface area contributed by atoms with Crippen LogP contribution < -0.4 is 14.8 Å². The van der Waals surface area contributed by atoms with E-state index in [-0.39, 0.29) is 25.0 Å². The molecule has 0 aromatic heterocycles. The highest BCUT2D eigenvalue weighted by Gasteiger charge is 2.23. The summed E-state index contributed by atoms with van der Waals surface area (Å²) < 4.78 is 16.0. The zero-order valence-corrected chi connectivity index (χ0v) is 15.6. The zero-order valence-electron chi connectivity index (χ0n) is 14.9. The SMILES string of the molecule is CC1CCCCC1NC(=O)COC(=O)Cc1cc(Cl)c2c(c1)OCCO2. The van der Waals surface area contributed by atoms with Crippen molar-refractivity contribution >= 4 is 23.5 Å². The van der Waals surface area contributed by atoms with E-state index in [0.717, 1.165) is 19.3 Å². The number of nitrogens with one attached hydrogen (secondary N) is 1. The largest absolute Gasteiger partial charge is 0.486 e. The maximum atomic E-state index is 12.0. The maximum absolute atomic E-state index is 12.0. The van der Waals surface area contributed by atoms with Crippen LogP contribution in [0.3, 0.4) is 0 Å². The molecule has 1 saturated carbocycles. The van der Waals surface area contributed by atoms with E-state index < -0.39 is 5.97 Å². The Morgan fingerprint density at radius 2 is 2.00 bits per heavy atom. The van der Waals surface area contributed by atoms with Gasteiger partial charge in [-0.3, -0.25) is 9.59 Å². The van der Waals surface area contributed by atoms with Gasteiger partial charge < -0.3 is 19.5 Å². The Morgan fingerprint density at radius 1 is 1.23 bits per heavy atom. The predicted molar refractivity (Wildman–Crippen MR) is 96.7 cm³/mol. The fourth-order valence-corrected chi connectivity index (χ4v) is 3.70. The summed E-state index contributed by atoms with van der Waals surface area (Å²) in [5, 5.41) is 3.36. The van der Waals surface area contributed by atoms with Crippen LogP contribution in [0.15, 0.2) is 12.1 Å². The first kappa shape index (κ1) is 18.8. The third-order valence-corrected chi connectivity index (χ3v) is 5.11. The number of hydrogen-bond acceptors (Lipinski definition) is 5. The zero-order chi connectivity index (χ0) is 18.5. The third kappa shape index (κ3) is 4.81. The average molecular weight is 382 g/mol. The number of amides is 1. The Bertz CT molecular complexity index is 678. The second kappa shape index (κ2) is 8.62. The number of fused-ring (bicyclic) bond motifs is 1. The summed E-state index contributed by atoms with van der Waals surface area (Å²) in [6, 6.07) is 3.54. The van der Waals surface area contributed by atoms with Crippen LogP contribution in [0.25, 0.3) is 0 Å². The Hall–Kier alpha value is -1.95. The van der Waals surface area contributed by atoms with Gasteiger partial charge in [-0.15, -0.1) is 0 Å². The van der Waals surface area contributed by atoms with E-state index in [1.165, 1.54) is 6.42 Å². The molecule has 6 nitrogen and oxygen atoms in total. The maximum Gasteiger partial charge on any atom is 0.310 e. The van der Waals surface area contributed by atoms with E-state index in [1.54, 1.807) is 12.1 Å². The lowest BCUT2D eigenvalue weighted by molar-refractivity contribution is -0.148. The van der Waals surface area contributed by atoms with Gasteiger partial charge in [-0.25, -0.2) is 0 Å². The number of carbonyl (C=O) groups excluding carboxylic acids is 2. The molecule has 142 valence electrons. The predicted octanol–water partition coefficient (Wildman–Crippen LogP) is 2.89. The van der Waals surface area contributed by atoms with Crippen LogP contribution >= 0.6 is 11.6 Å². The van der Waals surface area contributed by atoms with Gasteiger partial charge in [0.2, 0.25) is 0 Å². The molecule has 2 unspecified atom stereocenters. The number of ether oxygens (including phenoxy) is 3. The molecule has 2 aliphatic rings. The summed E-state index contributed by atoms with van der Waals surface area (Å²) in [5.41, 5.74) is 0.658. The van der Waals surface area contributed by atoms with Gasteiger partial charge in [0.15, 0.2) is 18.1 Å². The van der Waals surface area contributed by atoms with Crippen molar-refractivity contribution in [2.45, 2.75) is 45.1 Å². The second-order valence-corrected chi connectivity index (χ2v) is 7.28. The number of carbonyl (C=O) groups is 2. The summed E-state index contributed by atoms with van der Waals surface area (Å²) in [5.74, 6) is 0.747. The van der Waals surface area contributed by atoms with Crippen LogP contribution in [0.4, 0.5) is 0 Å². The molecule has 1 aliphatic carbocycles. The Labute approximate surface area is 158 Å². The monoisotopic (exact) mass is 381 g/mol. The summed E-state index contributed by atoms with van der Waals surface area (Å²) in [6.07, 6.45) is 4.45. The molecule has 1 N–H and O–H groups in total. The lowest BCUT2D eigenvalue weighted by atomic mass is 9.86. The minimum Gasteiger partial charge on any atom is -0.486 e. The van der Waals surface area contributed by atoms with Crippen molar-refractivity contribution in [3.05, 3.63) is 22.7 Å². The number of rotatable bonds is 5. The highest BCUT2D eigenvalue weighted by molar-refractivity contribution is 6.32. The Balaban J connectivity index is 1.48. The fourth-order valence-electron chi connectivity index (χ4n) is 3.41. The Kier molecular flexibility index (Phi) is 6.25. The van der Waals surface area contributed by atoms with E-state index in [9.17, 15) is 9.59 Å². The molecule has 3 rings (SSSR count). The summed E-state index contributed by atoms with van der Waals surface area (Å²) in [7, 11) is 0. The molecular weight excluding hydrogens is 358 g/mol. The first-order valence-corrected chi connectivity index (χ1v) is 9.43. The van der Waals surface area contributed by atoms with Crippen LogP contribution in [0.1, 0.15) is 38.2 Å². The van der Waals surface area contributed by atoms with E-state index in [0.29, 0.717) is 41.2 Å². The van der Waals surface area contributed by atoms with Crippen LogP contribution in [-0.4, -0.2) is 37.7 Å². The standard InChI is InChI=1S/C19H24ClNO5/c1-12-4-2-3-5-15(12)21-17(22)11-26-18(23)10-13-8-14(20)19-16(9-13)24-6-7-25-19/h8-9,12,15H,2-7,10-11H2,1H3,(H,21,22). The van der Waals surface area contributed by atoms with Crippen molar-refractivity contribution in [2.24, 2.45) is 5.92 Å². The smallest absolute Gasteiger partial charge is 0.310 e. The molecule has 1 amide bonds. The van der Waals surface area contributed by atoms with Gasteiger partial charge in [0.1, 0.15) is 13.2 Å². The molecule has 1 aromatic rings. The molecule has 1 heterocycles. The van der Waals surface area contributed by atoms with Gasteiger partial charge in [-0.1, -0.05) is 31.4 Å². The molecule has 0 saturated heterocycles. The van der Waals surface area contributed by atoms with Crippen molar-refractivity contribution in [1.82, 2.24) is 5.32 Å². The number of hydrogen-bond donors (Lipinski definition) is 1. The fraction of sp³-hybridized carbons (Fsp3) is 0.579. The summed E-state index contributed by atoms with van der Waals surface area (Å²) in [4.78, 5) is 24.0.